The zero-order valence-corrected chi connectivity index (χ0v) is 12.4. The van der Waals surface area contributed by atoms with Crippen molar-refractivity contribution >= 4 is 17.7 Å². The molecule has 0 saturated heterocycles. The first-order chi connectivity index (χ1) is 9.71. The van der Waals surface area contributed by atoms with Gasteiger partial charge in [0, 0.05) is 11.8 Å². The zero-order chi connectivity index (χ0) is 16.0. The molecule has 0 radical (unpaired) electrons. The van der Waals surface area contributed by atoms with E-state index in [0.29, 0.717) is 11.4 Å². The minimum atomic E-state index is -1.11. The number of carbonyl (C=O) groups excluding carboxylic acids is 1. The smallest absolute Gasteiger partial charge is 0.412 e. The lowest BCUT2D eigenvalue weighted by Gasteiger charge is -2.20. The second-order valence-electron chi connectivity index (χ2n) is 5.17. The molecule has 0 aliphatic rings. The van der Waals surface area contributed by atoms with E-state index in [1.54, 1.807) is 32.9 Å². The van der Waals surface area contributed by atoms with Crippen LogP contribution in [0.1, 0.15) is 20.8 Å². The molecule has 0 heterocycles. The van der Waals surface area contributed by atoms with Gasteiger partial charge in [0.25, 0.3) is 0 Å². The lowest BCUT2D eigenvalue weighted by molar-refractivity contribution is -0.139. The summed E-state index contributed by atoms with van der Waals surface area (Å²) in [6.45, 7) is 4.75. The lowest BCUT2D eigenvalue weighted by Crippen LogP contribution is -2.27. The number of hydrogen-bond donors (Lipinski definition) is 2. The van der Waals surface area contributed by atoms with E-state index in [-0.39, 0.29) is 5.75 Å². The molecule has 7 heteroatoms. The fraction of sp³-hybridized carbons (Fsp3) is 0.429. The predicted molar refractivity (Wildman–Crippen MR) is 76.0 cm³/mol. The van der Waals surface area contributed by atoms with Crippen LogP contribution in [0.3, 0.4) is 0 Å². The Labute approximate surface area is 122 Å². The van der Waals surface area contributed by atoms with Crippen molar-refractivity contribution in [2.24, 2.45) is 0 Å². The van der Waals surface area contributed by atoms with E-state index in [2.05, 4.69) is 5.32 Å². The number of amides is 1. The van der Waals surface area contributed by atoms with Gasteiger partial charge < -0.3 is 19.3 Å². The SMILES string of the molecule is COc1ccc(NC(=O)OC(C)(C)C)cc1OCC(=O)O. The summed E-state index contributed by atoms with van der Waals surface area (Å²) < 4.78 is 15.3. The van der Waals surface area contributed by atoms with Gasteiger partial charge in [0.05, 0.1) is 7.11 Å². The third-order valence-corrected chi connectivity index (χ3v) is 2.16. The van der Waals surface area contributed by atoms with E-state index in [9.17, 15) is 9.59 Å². The van der Waals surface area contributed by atoms with E-state index in [1.165, 1.54) is 13.2 Å². The summed E-state index contributed by atoms with van der Waals surface area (Å²) in [6, 6.07) is 4.62. The summed E-state index contributed by atoms with van der Waals surface area (Å²) in [6.07, 6.45) is -0.614. The van der Waals surface area contributed by atoms with Crippen LogP contribution in [0.15, 0.2) is 18.2 Å². The molecule has 1 amide bonds. The molecule has 2 N–H and O–H groups in total. The maximum Gasteiger partial charge on any atom is 0.412 e. The summed E-state index contributed by atoms with van der Waals surface area (Å²) in [7, 11) is 1.43. The molecule has 0 aliphatic carbocycles. The number of carboxylic acid groups (broad SMARTS) is 1. The summed E-state index contributed by atoms with van der Waals surface area (Å²) in [5.74, 6) is -0.526. The Kier molecular flexibility index (Phi) is 5.40. The van der Waals surface area contributed by atoms with Gasteiger partial charge in [-0.1, -0.05) is 0 Å². The van der Waals surface area contributed by atoms with Crippen molar-refractivity contribution in [1.82, 2.24) is 0 Å². The van der Waals surface area contributed by atoms with Crippen LogP contribution < -0.4 is 14.8 Å². The molecule has 7 nitrogen and oxygen atoms in total. The predicted octanol–water partition coefficient (Wildman–Crippen LogP) is 2.51. The first kappa shape index (κ1) is 16.6. The van der Waals surface area contributed by atoms with Gasteiger partial charge in [-0.3, -0.25) is 5.32 Å². The zero-order valence-electron chi connectivity index (χ0n) is 12.4. The van der Waals surface area contributed by atoms with Crippen LogP contribution in [0.4, 0.5) is 10.5 Å². The van der Waals surface area contributed by atoms with Crippen LogP contribution >= 0.6 is 0 Å². The third kappa shape index (κ3) is 6.03. The number of hydrogen-bond acceptors (Lipinski definition) is 5. The van der Waals surface area contributed by atoms with Crippen LogP contribution in [0.25, 0.3) is 0 Å². The molecule has 0 fully saturated rings. The Hall–Kier alpha value is -2.44. The maximum atomic E-state index is 11.7. The third-order valence-electron chi connectivity index (χ3n) is 2.16. The average Bonchev–Trinajstić information content (AvgIpc) is 2.34. The number of benzene rings is 1. The van der Waals surface area contributed by atoms with Crippen LogP contribution in [-0.2, 0) is 9.53 Å². The Balaban J connectivity index is 2.82. The molecule has 0 aliphatic heterocycles. The molecule has 1 rings (SSSR count). The minimum Gasteiger partial charge on any atom is -0.493 e. The monoisotopic (exact) mass is 297 g/mol. The summed E-state index contributed by atoms with van der Waals surface area (Å²) in [5.41, 5.74) is -0.204. The van der Waals surface area contributed by atoms with Crippen LogP contribution in [0, 0.1) is 0 Å². The van der Waals surface area contributed by atoms with Crippen molar-refractivity contribution in [2.75, 3.05) is 19.0 Å². The second-order valence-corrected chi connectivity index (χ2v) is 5.17. The summed E-state index contributed by atoms with van der Waals surface area (Å²) in [4.78, 5) is 22.2. The highest BCUT2D eigenvalue weighted by atomic mass is 16.6. The highest BCUT2D eigenvalue weighted by Crippen LogP contribution is 2.30. The number of carboxylic acids is 1. The first-order valence-corrected chi connectivity index (χ1v) is 6.24. The molecule has 0 aromatic heterocycles. The molecule has 116 valence electrons. The minimum absolute atomic E-state index is 0.216. The topological polar surface area (TPSA) is 94.1 Å². The van der Waals surface area contributed by atoms with Gasteiger partial charge in [-0.25, -0.2) is 9.59 Å². The van der Waals surface area contributed by atoms with Gasteiger partial charge in [-0.15, -0.1) is 0 Å². The first-order valence-electron chi connectivity index (χ1n) is 6.24. The number of nitrogens with one attached hydrogen (secondary N) is 1. The van der Waals surface area contributed by atoms with Crippen molar-refractivity contribution in [3.63, 3.8) is 0 Å². The fourth-order valence-corrected chi connectivity index (χ4v) is 1.43. The quantitative estimate of drug-likeness (QED) is 0.867. The number of aliphatic carboxylic acids is 1. The number of rotatable bonds is 5. The molecule has 0 atom stereocenters. The summed E-state index contributed by atoms with van der Waals surface area (Å²) >= 11 is 0. The van der Waals surface area contributed by atoms with Crippen LogP contribution in [0.5, 0.6) is 11.5 Å². The Morgan fingerprint density at radius 1 is 1.24 bits per heavy atom. The van der Waals surface area contributed by atoms with Gasteiger partial charge in [0.1, 0.15) is 5.60 Å². The number of carbonyl (C=O) groups is 2. The van der Waals surface area contributed by atoms with Crippen molar-refractivity contribution in [3.8, 4) is 11.5 Å². The molecule has 1 aromatic rings. The largest absolute Gasteiger partial charge is 0.493 e. The van der Waals surface area contributed by atoms with Crippen molar-refractivity contribution < 1.29 is 28.9 Å². The molecular weight excluding hydrogens is 278 g/mol. The van der Waals surface area contributed by atoms with E-state index >= 15 is 0 Å². The normalized spacial score (nSPS) is 10.7. The van der Waals surface area contributed by atoms with Crippen molar-refractivity contribution in [1.29, 1.82) is 0 Å². The second kappa shape index (κ2) is 6.83. The van der Waals surface area contributed by atoms with Gasteiger partial charge in [-0.2, -0.15) is 0 Å². The van der Waals surface area contributed by atoms with E-state index in [4.69, 9.17) is 19.3 Å². The van der Waals surface area contributed by atoms with Gasteiger partial charge in [0.15, 0.2) is 18.1 Å². The Morgan fingerprint density at radius 3 is 2.43 bits per heavy atom. The number of methoxy groups -OCH3 is 1. The van der Waals surface area contributed by atoms with Gasteiger partial charge >= 0.3 is 12.1 Å². The van der Waals surface area contributed by atoms with Crippen LogP contribution in [-0.4, -0.2) is 36.5 Å². The highest BCUT2D eigenvalue weighted by molar-refractivity contribution is 5.85. The molecule has 0 unspecified atom stereocenters. The summed E-state index contributed by atoms with van der Waals surface area (Å²) in [5, 5.41) is 11.2. The lowest BCUT2D eigenvalue weighted by atomic mass is 10.2. The van der Waals surface area contributed by atoms with Crippen molar-refractivity contribution in [2.45, 2.75) is 26.4 Å². The standard InChI is InChI=1S/C14H19NO6/c1-14(2,3)21-13(18)15-9-5-6-10(19-4)11(7-9)20-8-12(16)17/h5-7H,8H2,1-4H3,(H,15,18)(H,16,17). The number of anilines is 1. The highest BCUT2D eigenvalue weighted by Gasteiger charge is 2.17. The van der Waals surface area contributed by atoms with Crippen LogP contribution in [0.2, 0.25) is 0 Å². The molecular formula is C14H19NO6. The average molecular weight is 297 g/mol. The molecule has 0 bridgehead atoms. The van der Waals surface area contributed by atoms with Gasteiger partial charge in [-0.05, 0) is 32.9 Å². The molecule has 1 aromatic carbocycles. The van der Waals surface area contributed by atoms with E-state index in [0.717, 1.165) is 0 Å². The van der Waals surface area contributed by atoms with E-state index in [1.807, 2.05) is 0 Å². The molecule has 0 spiro atoms. The number of ether oxygens (including phenoxy) is 3. The fourth-order valence-electron chi connectivity index (χ4n) is 1.43. The maximum absolute atomic E-state index is 11.7. The van der Waals surface area contributed by atoms with E-state index < -0.39 is 24.3 Å². The van der Waals surface area contributed by atoms with Crippen molar-refractivity contribution in [3.05, 3.63) is 18.2 Å². The van der Waals surface area contributed by atoms with Gasteiger partial charge in [0.2, 0.25) is 0 Å². The molecule has 21 heavy (non-hydrogen) atoms. The Morgan fingerprint density at radius 2 is 1.90 bits per heavy atom. The Bertz CT molecular complexity index is 521. The molecule has 0 saturated carbocycles.